The maximum Gasteiger partial charge on any atom is 0.252 e. The Kier molecular flexibility index (Phi) is 11.9. The molecule has 19 aromatic rings. The topological polar surface area (TPSA) is 21.3 Å². The van der Waals surface area contributed by atoms with Crippen LogP contribution in [0.3, 0.4) is 0 Å². The van der Waals surface area contributed by atoms with Crippen molar-refractivity contribution in [2.45, 2.75) is 105 Å². The van der Waals surface area contributed by atoms with Crippen LogP contribution >= 0.6 is 11.3 Å². The third kappa shape index (κ3) is 10.7. The van der Waals surface area contributed by atoms with Crippen molar-refractivity contribution in [2.24, 2.45) is 0 Å². The molecule has 0 N–H and O–H groups in total. The third-order valence-electron chi connectivity index (χ3n) is 23.5. The van der Waals surface area contributed by atoms with Crippen molar-refractivity contribution in [1.29, 1.82) is 0 Å². The summed E-state index contributed by atoms with van der Waals surface area (Å²) in [6, 6.07) is 68.1. The van der Waals surface area contributed by atoms with Gasteiger partial charge in [0.1, 0.15) is 0 Å². The molecule has 0 spiro atoms. The predicted molar refractivity (Wildman–Crippen MR) is 487 cm³/mol. The lowest BCUT2D eigenvalue weighted by atomic mass is 9.33. The highest BCUT2D eigenvalue weighted by atomic mass is 32.1. The molecule has 0 bridgehead atoms. The van der Waals surface area contributed by atoms with Crippen LogP contribution in [0.2, 0.25) is 0 Å². The smallest absolute Gasteiger partial charge is 0.252 e. The highest BCUT2D eigenvalue weighted by molar-refractivity contribution is 7.27. The molecule has 15 aromatic carbocycles. The quantitative estimate of drug-likeness (QED) is 0.141. The Balaban J connectivity index is 0.978. The van der Waals surface area contributed by atoms with Crippen molar-refractivity contribution in [3.05, 3.63) is 337 Å². The summed E-state index contributed by atoms with van der Waals surface area (Å²) in [5.41, 5.74) is 18.1. The number of aromatic nitrogens is 3. The minimum absolute atomic E-state index is 0.0770. The van der Waals surface area contributed by atoms with Gasteiger partial charge in [-0.1, -0.05) is 295 Å². The van der Waals surface area contributed by atoms with E-state index < -0.39 is 109 Å². The van der Waals surface area contributed by atoms with Crippen LogP contribution in [0.4, 0.5) is 34.1 Å². The Morgan fingerprint density at radius 3 is 1.20 bits per heavy atom. The zero-order valence-corrected chi connectivity index (χ0v) is 65.8. The summed E-state index contributed by atoms with van der Waals surface area (Å²) in [5, 5.41) is 3.66. The molecule has 0 aliphatic carbocycles. The zero-order valence-electron chi connectivity index (χ0n) is 81.0. The molecule has 2 aliphatic heterocycles. The lowest BCUT2D eigenvalue weighted by molar-refractivity contribution is 0.590. The van der Waals surface area contributed by atoms with Crippen molar-refractivity contribution in [1.82, 2.24) is 13.7 Å². The molecule has 0 atom stereocenters. The summed E-state index contributed by atoms with van der Waals surface area (Å²) in [6.45, 7) is 25.9. The summed E-state index contributed by atoms with van der Waals surface area (Å²) in [6.07, 6.45) is 0. The maximum absolute atomic E-state index is 10.3. The maximum atomic E-state index is 10.3. The normalized spacial score (nSPS) is 15.2. The highest BCUT2D eigenvalue weighted by Gasteiger charge is 2.46. The van der Waals surface area contributed by atoms with E-state index in [4.69, 9.17) is 0 Å². The molecule has 21 rings (SSSR count). The molecule has 0 saturated carbocycles. The lowest BCUT2D eigenvalue weighted by Crippen LogP contribution is -2.61. The number of para-hydroxylation sites is 4. The molecule has 0 unspecified atom stereocenters. The van der Waals surface area contributed by atoms with Gasteiger partial charge in [-0.2, -0.15) is 0 Å². The fraction of sp³-hybridized carbons (Fsp3) is 0.151. The summed E-state index contributed by atoms with van der Waals surface area (Å²) in [5.74, 6) is 0. The molecule has 0 saturated heterocycles. The van der Waals surface area contributed by atoms with Crippen LogP contribution in [0.5, 0.6) is 0 Å². The number of anilines is 6. The Bertz CT molecular complexity index is 7920. The van der Waals surface area contributed by atoms with Gasteiger partial charge in [0.15, 0.2) is 0 Å². The van der Waals surface area contributed by atoms with Crippen molar-refractivity contribution in [3.8, 4) is 50.4 Å². The molecular formula is C106H88BN5S. The van der Waals surface area contributed by atoms with Crippen molar-refractivity contribution in [3.63, 3.8) is 0 Å². The predicted octanol–water partition coefficient (Wildman–Crippen LogP) is 27.6. The number of hydrogen-bond donors (Lipinski definition) is 0. The van der Waals surface area contributed by atoms with Crippen LogP contribution in [-0.4, -0.2) is 20.4 Å². The van der Waals surface area contributed by atoms with Crippen molar-refractivity contribution < 1.29 is 21.9 Å². The second-order valence-electron chi connectivity index (χ2n) is 34.5. The van der Waals surface area contributed by atoms with Gasteiger partial charge >= 0.3 is 0 Å². The van der Waals surface area contributed by atoms with Gasteiger partial charge < -0.3 is 23.5 Å². The van der Waals surface area contributed by atoms with Crippen LogP contribution in [0.15, 0.2) is 315 Å². The van der Waals surface area contributed by atoms with E-state index in [0.717, 1.165) is 120 Å². The molecule has 6 heterocycles. The fourth-order valence-electron chi connectivity index (χ4n) is 17.8. The van der Waals surface area contributed by atoms with Crippen molar-refractivity contribution in [2.75, 3.05) is 9.80 Å². The van der Waals surface area contributed by atoms with Gasteiger partial charge in [-0.3, -0.25) is 0 Å². The van der Waals surface area contributed by atoms with Gasteiger partial charge in [0.2, 0.25) is 0 Å². The molecule has 2 aliphatic rings. The first-order valence-electron chi connectivity index (χ1n) is 46.8. The Morgan fingerprint density at radius 2 is 0.690 bits per heavy atom. The number of nitrogens with zero attached hydrogens (tertiary/aromatic N) is 5. The third-order valence-corrected chi connectivity index (χ3v) is 24.8. The molecule has 0 fully saturated rings. The van der Waals surface area contributed by atoms with E-state index in [9.17, 15) is 21.9 Å². The van der Waals surface area contributed by atoms with Crippen LogP contribution in [-0.2, 0) is 21.7 Å². The largest absolute Gasteiger partial charge is 0.310 e. The van der Waals surface area contributed by atoms with Crippen LogP contribution in [0, 0.1) is 0 Å². The second kappa shape index (κ2) is 25.0. The van der Waals surface area contributed by atoms with Gasteiger partial charge in [-0.15, -0.1) is 11.3 Å². The molecule has 0 amide bonds. The first-order valence-corrected chi connectivity index (χ1v) is 39.6. The van der Waals surface area contributed by atoms with Crippen LogP contribution in [0.25, 0.3) is 136 Å². The first-order chi connectivity index (χ1) is 61.2. The SMILES string of the molecule is [2H]c1c([2H])c([2H])c2c(c1[2H])c1c([2H])c([2H])c([2H])c([2H])c1n2-c1ccc2c(c1)N(c1cccc3c1sc1c(-n4c5ccc(C(C)(C)C)cc5c5cc(C(C)(C)C)ccc54)cccc13)c1cc(-n3c4c([2H])c([2H])c([2H])c([2H])c4c4c([2H])c([2H])c([2H])c([2H])c43)cc3c1B2c1ccc(-c2cccc(C(C)(C)C)c2)cc1N3c1c(-c2ccccc2)cc(C(C)(C)C)cc1-c1ccccc1. The Hall–Kier alpha value is -12.4. The van der Waals surface area contributed by atoms with E-state index in [0.29, 0.717) is 22.7 Å². The first kappa shape index (κ1) is 53.5. The van der Waals surface area contributed by atoms with Gasteiger partial charge in [-0.05, 0) is 186 Å². The van der Waals surface area contributed by atoms with Gasteiger partial charge in [0.05, 0.1) is 87.2 Å². The van der Waals surface area contributed by atoms with E-state index in [1.54, 1.807) is 20.5 Å². The molecule has 4 aromatic heterocycles. The van der Waals surface area contributed by atoms with Crippen molar-refractivity contribution >= 4 is 154 Å². The van der Waals surface area contributed by atoms with Crippen LogP contribution in [0.1, 0.15) is 127 Å². The van der Waals surface area contributed by atoms with E-state index >= 15 is 0 Å². The summed E-state index contributed by atoms with van der Waals surface area (Å²) in [7, 11) is 0. The number of thiophene rings is 1. The highest BCUT2D eigenvalue weighted by Crippen LogP contribution is 2.56. The average molecular weight is 1490 g/mol. The molecule has 0 radical (unpaired) electrons. The van der Waals surface area contributed by atoms with E-state index in [1.165, 1.54) is 11.1 Å². The fourth-order valence-corrected chi connectivity index (χ4v) is 19.1. The number of rotatable bonds is 8. The standard InChI is InChI=1S/C106H88BN5S/c1-103(2,3)69-35-27-34-67(56-69)68-48-52-85-95(57-68)112(100-81(65-30-15-13-16-31-65)60-72(106(10,11)12)61-82(100)66-32-17-14-18-33-66)98-64-74(109-89-44-25-21-38-77(89)78-39-22-26-45-90(78)109)63-97-99(98)107(85)86-53-51-73(108-87-42-23-19-36-75(87)76-37-20-24-43-88(76)108)62-96(86)111(97)94-47-29-41-80-79-40-28-46-93(101(79)113-102(80)94)110-91-54-49-70(104(4,5)6)58-83(91)84-59-71(105(7,8)9)50-55-92(84)110/h13-64H,1-12H3/i19D,20D,21D,22D,23D,24D,25D,26D,36D,37D,38D,39D,42D,43D,44D,45D. The van der Waals surface area contributed by atoms with Gasteiger partial charge in [-0.25, -0.2) is 0 Å². The molecule has 7 heteroatoms. The van der Waals surface area contributed by atoms with Gasteiger partial charge in [0.25, 0.3) is 6.71 Å². The number of benzene rings is 15. The monoisotopic (exact) mass is 1490 g/mol. The average Bonchev–Trinajstić information content (AvgIpc) is 1.67. The minimum Gasteiger partial charge on any atom is -0.310 e. The molecule has 5 nitrogen and oxygen atoms in total. The summed E-state index contributed by atoms with van der Waals surface area (Å²) >= 11 is 1.62. The van der Waals surface area contributed by atoms with Gasteiger partial charge in [0, 0.05) is 82.7 Å². The van der Waals surface area contributed by atoms with E-state index in [1.807, 2.05) is 72.8 Å². The molecule has 113 heavy (non-hydrogen) atoms. The summed E-state index contributed by atoms with van der Waals surface area (Å²) < 4.78 is 162. The second-order valence-corrected chi connectivity index (χ2v) is 35.5. The van der Waals surface area contributed by atoms with E-state index in [2.05, 4.69) is 243 Å². The minimum atomic E-state index is -0.777. The van der Waals surface area contributed by atoms with Crippen LogP contribution < -0.4 is 26.2 Å². The zero-order chi connectivity index (χ0) is 90.8. The Labute approximate surface area is 688 Å². The lowest BCUT2D eigenvalue weighted by Gasteiger charge is -2.45. The summed E-state index contributed by atoms with van der Waals surface area (Å²) in [4.78, 5) is 4.55. The number of fused-ring (bicyclic) bond motifs is 16. The Morgan fingerprint density at radius 1 is 0.274 bits per heavy atom. The molecular weight excluding hydrogens is 1390 g/mol. The van der Waals surface area contributed by atoms with E-state index in [-0.39, 0.29) is 71.2 Å². The molecule has 546 valence electrons. The number of hydrogen-bond acceptors (Lipinski definition) is 3.